The Bertz CT molecular complexity index is 1210. The molecular weight excluding hydrogens is 452 g/mol. The van der Waals surface area contributed by atoms with E-state index in [1.807, 2.05) is 48.5 Å². The molecule has 0 bridgehead atoms. The number of carbonyl (C=O) groups is 3. The van der Waals surface area contributed by atoms with Crippen molar-refractivity contribution >= 4 is 18.0 Å². The molecule has 2 aromatic carbocycles. The Labute approximate surface area is 201 Å². The summed E-state index contributed by atoms with van der Waals surface area (Å²) in [5.41, 5.74) is 4.80. The van der Waals surface area contributed by atoms with E-state index in [0.29, 0.717) is 11.6 Å². The minimum Gasteiger partial charge on any atom is -0.481 e. The van der Waals surface area contributed by atoms with Gasteiger partial charge in [-0.15, -0.1) is 0 Å². The molecule has 182 valence electrons. The number of carbonyl (C=O) groups excluding carboxylic acids is 2. The van der Waals surface area contributed by atoms with Crippen LogP contribution in [-0.2, 0) is 27.9 Å². The number of methoxy groups -OCH3 is 1. The zero-order valence-electron chi connectivity index (χ0n) is 19.4. The van der Waals surface area contributed by atoms with E-state index < -0.39 is 30.4 Å². The van der Waals surface area contributed by atoms with Gasteiger partial charge in [0.25, 0.3) is 0 Å². The number of amides is 2. The Balaban J connectivity index is 1.38. The van der Waals surface area contributed by atoms with Gasteiger partial charge in [-0.3, -0.25) is 9.59 Å². The third-order valence-corrected chi connectivity index (χ3v) is 5.87. The highest BCUT2D eigenvalue weighted by molar-refractivity contribution is 5.89. The molecule has 3 aromatic rings. The SMILES string of the molecule is COc1cc(CNC(=O)C(CC(=O)O)NC(=O)OCC2c3ccccc3-c3ccccc32)nn1C. The molecule has 4 rings (SSSR count). The predicted octanol–water partition coefficient (Wildman–Crippen LogP) is 2.43. The van der Waals surface area contributed by atoms with Crippen molar-refractivity contribution in [2.24, 2.45) is 7.05 Å². The summed E-state index contributed by atoms with van der Waals surface area (Å²) in [5, 5.41) is 18.4. The van der Waals surface area contributed by atoms with E-state index in [0.717, 1.165) is 22.3 Å². The van der Waals surface area contributed by atoms with Crippen LogP contribution in [-0.4, -0.2) is 52.6 Å². The van der Waals surface area contributed by atoms with Crippen LogP contribution in [0.25, 0.3) is 11.1 Å². The molecule has 1 unspecified atom stereocenters. The van der Waals surface area contributed by atoms with E-state index >= 15 is 0 Å². The summed E-state index contributed by atoms with van der Waals surface area (Å²) >= 11 is 0. The molecule has 1 aliphatic carbocycles. The van der Waals surface area contributed by atoms with Crippen molar-refractivity contribution < 1.29 is 29.0 Å². The second kappa shape index (κ2) is 10.3. The Morgan fingerprint density at radius 3 is 2.29 bits per heavy atom. The van der Waals surface area contributed by atoms with Gasteiger partial charge >= 0.3 is 12.1 Å². The van der Waals surface area contributed by atoms with Crippen LogP contribution in [0.1, 0.15) is 29.2 Å². The lowest BCUT2D eigenvalue weighted by Gasteiger charge is -2.18. The highest BCUT2D eigenvalue weighted by Gasteiger charge is 2.30. The monoisotopic (exact) mass is 478 g/mol. The molecule has 0 aliphatic heterocycles. The van der Waals surface area contributed by atoms with Gasteiger partial charge in [-0.25, -0.2) is 9.48 Å². The minimum atomic E-state index is -1.31. The summed E-state index contributed by atoms with van der Waals surface area (Å²) in [7, 11) is 3.19. The van der Waals surface area contributed by atoms with Crippen molar-refractivity contribution in [2.75, 3.05) is 13.7 Å². The first-order valence-corrected chi connectivity index (χ1v) is 11.0. The molecule has 2 amide bonds. The highest BCUT2D eigenvalue weighted by Crippen LogP contribution is 2.44. The number of nitrogens with zero attached hydrogens (tertiary/aromatic N) is 2. The van der Waals surface area contributed by atoms with Crippen LogP contribution in [0.2, 0.25) is 0 Å². The van der Waals surface area contributed by atoms with Gasteiger partial charge in [0.15, 0.2) is 0 Å². The molecule has 10 heteroatoms. The standard InChI is InChI=1S/C25H26N4O6/c1-29-22(34-2)11-15(28-29)13-26-24(32)21(12-23(30)31)27-25(33)35-14-20-18-9-5-3-7-16(18)17-8-4-6-10-19(17)20/h3-11,20-21H,12-14H2,1-2H3,(H,26,32)(H,27,33)(H,30,31). The van der Waals surface area contributed by atoms with E-state index in [-0.39, 0.29) is 19.1 Å². The maximum Gasteiger partial charge on any atom is 0.407 e. The number of fused-ring (bicyclic) bond motifs is 3. The van der Waals surface area contributed by atoms with Gasteiger partial charge in [-0.2, -0.15) is 5.10 Å². The smallest absolute Gasteiger partial charge is 0.407 e. The fourth-order valence-electron chi connectivity index (χ4n) is 4.25. The second-order valence-corrected chi connectivity index (χ2v) is 8.14. The van der Waals surface area contributed by atoms with Crippen molar-refractivity contribution in [2.45, 2.75) is 24.9 Å². The summed E-state index contributed by atoms with van der Waals surface area (Å²) in [5.74, 6) is -1.54. The van der Waals surface area contributed by atoms with Gasteiger partial charge in [0.05, 0.1) is 25.8 Å². The van der Waals surface area contributed by atoms with Gasteiger partial charge in [0.1, 0.15) is 12.6 Å². The van der Waals surface area contributed by atoms with Gasteiger partial charge < -0.3 is 25.2 Å². The molecule has 0 fully saturated rings. The fraction of sp³-hybridized carbons (Fsp3) is 0.280. The van der Waals surface area contributed by atoms with Gasteiger partial charge in [0.2, 0.25) is 11.8 Å². The first-order chi connectivity index (χ1) is 16.9. The van der Waals surface area contributed by atoms with E-state index in [1.165, 1.54) is 11.8 Å². The number of alkyl carbamates (subject to hydrolysis) is 1. The first kappa shape index (κ1) is 23.8. The third kappa shape index (κ3) is 5.26. The van der Waals surface area contributed by atoms with Crippen molar-refractivity contribution in [1.82, 2.24) is 20.4 Å². The highest BCUT2D eigenvalue weighted by atomic mass is 16.5. The average Bonchev–Trinajstić information content (AvgIpc) is 3.37. The Hall–Kier alpha value is -4.34. The van der Waals surface area contributed by atoms with Gasteiger partial charge in [-0.05, 0) is 22.3 Å². The number of aliphatic carboxylic acids is 1. The largest absolute Gasteiger partial charge is 0.481 e. The molecule has 0 saturated heterocycles. The van der Waals surface area contributed by atoms with Crippen LogP contribution in [0, 0.1) is 0 Å². The summed E-state index contributed by atoms with van der Waals surface area (Å²) in [4.78, 5) is 36.5. The predicted molar refractivity (Wildman–Crippen MR) is 126 cm³/mol. The fourth-order valence-corrected chi connectivity index (χ4v) is 4.25. The number of ether oxygens (including phenoxy) is 2. The molecule has 0 saturated carbocycles. The zero-order valence-corrected chi connectivity index (χ0v) is 19.4. The summed E-state index contributed by atoms with van der Waals surface area (Å²) in [6, 6.07) is 16.2. The number of hydrogen-bond donors (Lipinski definition) is 3. The van der Waals surface area contributed by atoms with Crippen LogP contribution < -0.4 is 15.4 Å². The summed E-state index contributed by atoms with van der Waals surface area (Å²) in [6.45, 7) is 0.0908. The number of hydrogen-bond acceptors (Lipinski definition) is 6. The lowest BCUT2D eigenvalue weighted by molar-refractivity contribution is -0.139. The first-order valence-electron chi connectivity index (χ1n) is 11.0. The van der Waals surface area contributed by atoms with Crippen LogP contribution in [0.3, 0.4) is 0 Å². The van der Waals surface area contributed by atoms with E-state index in [4.69, 9.17) is 9.47 Å². The zero-order chi connectivity index (χ0) is 24.9. The maximum atomic E-state index is 12.6. The Morgan fingerprint density at radius 1 is 1.09 bits per heavy atom. The normalized spacial score (nSPS) is 12.9. The molecule has 1 aromatic heterocycles. The Morgan fingerprint density at radius 2 is 1.71 bits per heavy atom. The number of carboxylic acid groups (broad SMARTS) is 1. The molecule has 0 spiro atoms. The van der Waals surface area contributed by atoms with Crippen LogP contribution >= 0.6 is 0 Å². The second-order valence-electron chi connectivity index (χ2n) is 8.14. The molecule has 0 radical (unpaired) electrons. The number of carboxylic acids is 1. The van der Waals surface area contributed by atoms with E-state index in [2.05, 4.69) is 15.7 Å². The number of aromatic nitrogens is 2. The van der Waals surface area contributed by atoms with Crippen LogP contribution in [0.5, 0.6) is 5.88 Å². The molecule has 3 N–H and O–H groups in total. The molecule has 10 nitrogen and oxygen atoms in total. The van der Waals surface area contributed by atoms with Crippen LogP contribution in [0.15, 0.2) is 54.6 Å². The lowest BCUT2D eigenvalue weighted by Crippen LogP contribution is -2.48. The average molecular weight is 479 g/mol. The van der Waals surface area contributed by atoms with Gasteiger partial charge in [-0.1, -0.05) is 48.5 Å². The van der Waals surface area contributed by atoms with Crippen LogP contribution in [0.4, 0.5) is 4.79 Å². The van der Waals surface area contributed by atoms with E-state index in [1.54, 1.807) is 13.1 Å². The van der Waals surface area contributed by atoms with Crippen molar-refractivity contribution in [1.29, 1.82) is 0 Å². The summed E-state index contributed by atoms with van der Waals surface area (Å²) < 4.78 is 12.1. The number of rotatable bonds is 9. The summed E-state index contributed by atoms with van der Waals surface area (Å²) in [6.07, 6.45) is -1.46. The molecule has 1 aliphatic rings. The molecular formula is C25H26N4O6. The quantitative estimate of drug-likeness (QED) is 0.430. The topological polar surface area (TPSA) is 132 Å². The van der Waals surface area contributed by atoms with E-state index in [9.17, 15) is 19.5 Å². The number of nitrogens with one attached hydrogen (secondary N) is 2. The number of benzene rings is 2. The minimum absolute atomic E-state index is 0.0402. The molecule has 1 atom stereocenters. The molecule has 35 heavy (non-hydrogen) atoms. The lowest BCUT2D eigenvalue weighted by atomic mass is 9.98. The maximum absolute atomic E-state index is 12.6. The molecule has 1 heterocycles. The van der Waals surface area contributed by atoms with Crippen molar-refractivity contribution in [3.05, 3.63) is 71.4 Å². The third-order valence-electron chi connectivity index (χ3n) is 5.87. The van der Waals surface area contributed by atoms with Crippen molar-refractivity contribution in [3.63, 3.8) is 0 Å². The van der Waals surface area contributed by atoms with Crippen molar-refractivity contribution in [3.8, 4) is 17.0 Å². The Kier molecular flexibility index (Phi) is 7.00. The van der Waals surface area contributed by atoms with Gasteiger partial charge in [0, 0.05) is 19.0 Å². The number of aryl methyl sites for hydroxylation is 1.